The minimum atomic E-state index is 0.202. The second kappa shape index (κ2) is 4.81. The molecule has 1 aromatic heterocycles. The van der Waals surface area contributed by atoms with Crippen molar-refractivity contribution in [3.05, 3.63) is 65.4 Å². The molecule has 2 aromatic rings. The van der Waals surface area contributed by atoms with Crippen molar-refractivity contribution in [1.29, 1.82) is 0 Å². The molecule has 80 valence electrons. The molecule has 0 saturated carbocycles. The highest BCUT2D eigenvalue weighted by molar-refractivity contribution is 6.30. The molecule has 1 heterocycles. The van der Waals surface area contributed by atoms with Crippen LogP contribution in [0.1, 0.15) is 5.56 Å². The van der Waals surface area contributed by atoms with Gasteiger partial charge in [-0.1, -0.05) is 41.9 Å². The van der Waals surface area contributed by atoms with E-state index in [1.165, 1.54) is 0 Å². The maximum Gasteiger partial charge on any atom is 0.217 e. The fraction of sp³-hybridized carbons (Fsp3) is 0. The number of benzene rings is 1. The quantitative estimate of drug-likeness (QED) is 0.624. The zero-order valence-electron chi connectivity index (χ0n) is 8.55. The molecular weight excluding hydrogens is 222 g/mol. The van der Waals surface area contributed by atoms with E-state index in [1.54, 1.807) is 23.0 Å². The lowest BCUT2D eigenvalue weighted by Gasteiger charge is -1.96. The number of aliphatic hydroxyl groups is 1. The topological polar surface area (TPSA) is 24.1 Å². The van der Waals surface area contributed by atoms with Crippen LogP contribution >= 0.6 is 11.6 Å². The van der Waals surface area contributed by atoms with Crippen LogP contribution in [0.5, 0.6) is 0 Å². The maximum absolute atomic E-state index is 9.86. The summed E-state index contributed by atoms with van der Waals surface area (Å²) in [5, 5.41) is 10.5. The van der Waals surface area contributed by atoms with Crippen molar-refractivity contribution in [2.24, 2.45) is 0 Å². The summed E-state index contributed by atoms with van der Waals surface area (Å²) in [4.78, 5) is 0. The summed E-state index contributed by atoms with van der Waals surface area (Å²) in [7, 11) is 0. The first-order valence-electron chi connectivity index (χ1n) is 4.88. The Kier molecular flexibility index (Phi) is 3.22. The van der Waals surface area contributed by atoms with Crippen molar-refractivity contribution in [3.63, 3.8) is 0 Å². The lowest BCUT2D eigenvalue weighted by molar-refractivity contribution is -0.568. The van der Waals surface area contributed by atoms with Crippen molar-refractivity contribution in [2.45, 2.75) is 0 Å². The highest BCUT2D eigenvalue weighted by Gasteiger charge is 2.03. The van der Waals surface area contributed by atoms with E-state index in [1.807, 2.05) is 42.6 Å². The van der Waals surface area contributed by atoms with E-state index < -0.39 is 0 Å². The maximum atomic E-state index is 9.86. The molecule has 1 aromatic carbocycles. The summed E-state index contributed by atoms with van der Waals surface area (Å²) in [6, 6.07) is 12.9. The molecule has 0 unspecified atom stereocenters. The predicted molar refractivity (Wildman–Crippen MR) is 64.9 cm³/mol. The van der Waals surface area contributed by atoms with Crippen LogP contribution in [0.3, 0.4) is 0 Å². The lowest BCUT2D eigenvalue weighted by atomic mass is 10.2. The molecule has 3 heteroatoms. The number of halogens is 1. The highest BCUT2D eigenvalue weighted by Crippen LogP contribution is 2.10. The summed E-state index contributed by atoms with van der Waals surface area (Å²) in [5.41, 5.74) is 0.773. The van der Waals surface area contributed by atoms with Gasteiger partial charge in [-0.3, -0.25) is 0 Å². The fourth-order valence-electron chi connectivity index (χ4n) is 1.37. The predicted octanol–water partition coefficient (Wildman–Crippen LogP) is 3.14. The number of hydrogen-bond acceptors (Lipinski definition) is 1. The standard InChI is InChI=1S/C13H10ClNO/c14-12-7-4-8-15(9-12)10-13(16)11-5-2-1-3-6-11/h1-10H/p+1/b13-10-. The Hall–Kier alpha value is -1.80. The molecule has 0 saturated heterocycles. The summed E-state index contributed by atoms with van der Waals surface area (Å²) < 4.78 is 1.71. The van der Waals surface area contributed by atoms with Crippen molar-refractivity contribution < 1.29 is 9.67 Å². The van der Waals surface area contributed by atoms with E-state index >= 15 is 0 Å². The van der Waals surface area contributed by atoms with E-state index in [0.29, 0.717) is 5.02 Å². The summed E-state index contributed by atoms with van der Waals surface area (Å²) in [5.74, 6) is 0.202. The second-order valence-corrected chi connectivity index (χ2v) is 3.79. The zero-order chi connectivity index (χ0) is 11.4. The van der Waals surface area contributed by atoms with Crippen molar-refractivity contribution >= 4 is 23.6 Å². The molecule has 0 fully saturated rings. The van der Waals surface area contributed by atoms with Gasteiger partial charge in [-0.2, -0.15) is 4.57 Å². The second-order valence-electron chi connectivity index (χ2n) is 3.35. The van der Waals surface area contributed by atoms with E-state index in [0.717, 1.165) is 5.56 Å². The Balaban J connectivity index is 2.32. The smallest absolute Gasteiger partial charge is 0.217 e. The van der Waals surface area contributed by atoms with Gasteiger partial charge in [0.2, 0.25) is 6.20 Å². The number of rotatable bonds is 2. The SMILES string of the molecule is O/C(=C\[n+]1cccc(Cl)c1)c1ccccc1. The van der Waals surface area contributed by atoms with Gasteiger partial charge in [0.05, 0.1) is 0 Å². The molecule has 0 aliphatic carbocycles. The molecule has 0 bridgehead atoms. The van der Waals surface area contributed by atoms with Crippen molar-refractivity contribution in [3.8, 4) is 0 Å². The molecule has 1 N–H and O–H groups in total. The molecule has 0 amide bonds. The first kappa shape index (κ1) is 10.7. The van der Waals surface area contributed by atoms with Gasteiger partial charge in [0.1, 0.15) is 5.02 Å². The largest absolute Gasteiger partial charge is 0.502 e. The lowest BCUT2D eigenvalue weighted by Crippen LogP contribution is -2.24. The van der Waals surface area contributed by atoms with Gasteiger partial charge in [-0.05, 0) is 6.07 Å². The number of pyridine rings is 1. The molecule has 0 aliphatic rings. The minimum absolute atomic E-state index is 0.202. The third-order valence-electron chi connectivity index (χ3n) is 2.13. The zero-order valence-corrected chi connectivity index (χ0v) is 9.30. The molecule has 2 rings (SSSR count). The Bertz CT molecular complexity index is 508. The molecule has 0 radical (unpaired) electrons. The third-order valence-corrected chi connectivity index (χ3v) is 2.35. The first-order chi connectivity index (χ1) is 7.75. The molecule has 16 heavy (non-hydrogen) atoms. The highest BCUT2D eigenvalue weighted by atomic mass is 35.5. The van der Waals surface area contributed by atoms with E-state index in [2.05, 4.69) is 0 Å². The molecule has 2 nitrogen and oxygen atoms in total. The Morgan fingerprint density at radius 3 is 2.56 bits per heavy atom. The van der Waals surface area contributed by atoms with Gasteiger partial charge in [0.15, 0.2) is 18.2 Å². The average Bonchev–Trinajstić information content (AvgIpc) is 2.30. The van der Waals surface area contributed by atoms with Gasteiger partial charge >= 0.3 is 0 Å². The summed E-state index contributed by atoms with van der Waals surface area (Å²) >= 11 is 5.84. The Labute approximate surface area is 99.1 Å². The Morgan fingerprint density at radius 1 is 1.12 bits per heavy atom. The molecular formula is C13H11ClNO+. The van der Waals surface area contributed by atoms with Gasteiger partial charge in [-0.15, -0.1) is 0 Å². The monoisotopic (exact) mass is 232 g/mol. The third kappa shape index (κ3) is 2.61. The number of hydrogen-bond donors (Lipinski definition) is 1. The molecule has 0 atom stereocenters. The Morgan fingerprint density at radius 2 is 1.88 bits per heavy atom. The average molecular weight is 233 g/mol. The van der Waals surface area contributed by atoms with Crippen LogP contribution < -0.4 is 4.57 Å². The van der Waals surface area contributed by atoms with Gasteiger partial charge in [0.25, 0.3) is 0 Å². The van der Waals surface area contributed by atoms with Crippen LogP contribution in [-0.4, -0.2) is 5.11 Å². The van der Waals surface area contributed by atoms with Crippen molar-refractivity contribution in [2.75, 3.05) is 0 Å². The van der Waals surface area contributed by atoms with Crippen LogP contribution in [-0.2, 0) is 0 Å². The van der Waals surface area contributed by atoms with Crippen LogP contribution in [0.2, 0.25) is 5.02 Å². The minimum Gasteiger partial charge on any atom is -0.502 e. The number of nitrogens with zero attached hydrogens (tertiary/aromatic N) is 1. The molecule has 0 spiro atoms. The fourth-order valence-corrected chi connectivity index (χ4v) is 1.55. The first-order valence-corrected chi connectivity index (χ1v) is 5.26. The van der Waals surface area contributed by atoms with Gasteiger partial charge < -0.3 is 5.11 Å². The van der Waals surface area contributed by atoms with Crippen LogP contribution in [0.25, 0.3) is 12.0 Å². The van der Waals surface area contributed by atoms with Crippen LogP contribution in [0, 0.1) is 0 Å². The summed E-state index contributed by atoms with van der Waals surface area (Å²) in [6.07, 6.45) is 5.15. The van der Waals surface area contributed by atoms with Crippen LogP contribution in [0.15, 0.2) is 54.9 Å². The summed E-state index contributed by atoms with van der Waals surface area (Å²) in [6.45, 7) is 0. The van der Waals surface area contributed by atoms with E-state index in [-0.39, 0.29) is 5.76 Å². The van der Waals surface area contributed by atoms with Crippen LogP contribution in [0.4, 0.5) is 0 Å². The van der Waals surface area contributed by atoms with E-state index in [4.69, 9.17) is 11.6 Å². The number of aliphatic hydroxyl groups excluding tert-OH is 1. The van der Waals surface area contributed by atoms with Crippen molar-refractivity contribution in [1.82, 2.24) is 0 Å². The normalized spacial score (nSPS) is 11.4. The number of aromatic nitrogens is 1. The van der Waals surface area contributed by atoms with Gasteiger partial charge in [-0.25, -0.2) is 0 Å². The van der Waals surface area contributed by atoms with Gasteiger partial charge in [0, 0.05) is 11.6 Å². The molecule has 0 aliphatic heterocycles. The van der Waals surface area contributed by atoms with E-state index in [9.17, 15) is 5.11 Å².